The molecule has 0 saturated carbocycles. The van der Waals surface area contributed by atoms with Gasteiger partial charge in [-0.2, -0.15) is 0 Å². The van der Waals surface area contributed by atoms with Gasteiger partial charge in [-0.1, -0.05) is 237 Å². The Bertz CT molecular complexity index is 1170. The Hall–Kier alpha value is -1.76. The fraction of sp³-hybridized carbons (Fsp3) is 0.750. The normalized spacial score (nSPS) is 11.8. The average molecular weight is 673 g/mol. The van der Waals surface area contributed by atoms with Crippen LogP contribution in [0.2, 0.25) is 0 Å². The topological polar surface area (TPSA) is 13.1 Å². The number of furan rings is 1. The molecule has 0 atom stereocenters. The summed E-state index contributed by atoms with van der Waals surface area (Å²) in [4.78, 5) is 0. The smallest absolute Gasteiger partial charge is 0.138 e. The maximum atomic E-state index is 6.54. The van der Waals surface area contributed by atoms with Gasteiger partial charge < -0.3 is 4.42 Å². The van der Waals surface area contributed by atoms with E-state index in [1.807, 2.05) is 0 Å². The lowest BCUT2D eigenvalue weighted by molar-refractivity contribution is 0.528. The number of benzene rings is 2. The van der Waals surface area contributed by atoms with Gasteiger partial charge >= 0.3 is 0 Å². The zero-order valence-corrected chi connectivity index (χ0v) is 32.9. The van der Waals surface area contributed by atoms with Crippen molar-refractivity contribution in [3.63, 3.8) is 0 Å². The van der Waals surface area contributed by atoms with E-state index < -0.39 is 0 Å². The number of fused-ring (bicyclic) bond motifs is 3. The number of rotatable bonds is 34. The van der Waals surface area contributed by atoms with E-state index in [0.717, 1.165) is 5.58 Å². The first-order valence-electron chi connectivity index (χ1n) is 22.3. The molecule has 0 amide bonds. The molecule has 0 N–H and O–H groups in total. The van der Waals surface area contributed by atoms with Crippen molar-refractivity contribution in [3.8, 4) is 0 Å². The molecule has 1 nitrogen and oxygen atoms in total. The molecule has 1 heterocycles. The van der Waals surface area contributed by atoms with Crippen molar-refractivity contribution < 1.29 is 4.42 Å². The molecule has 0 fully saturated rings. The van der Waals surface area contributed by atoms with Crippen LogP contribution in [-0.2, 0) is 12.8 Å². The summed E-state index contributed by atoms with van der Waals surface area (Å²) in [6.45, 7) is 4.62. The van der Waals surface area contributed by atoms with E-state index in [4.69, 9.17) is 4.42 Å². The van der Waals surface area contributed by atoms with Gasteiger partial charge in [0.05, 0.1) is 0 Å². The highest BCUT2D eigenvalue weighted by Gasteiger charge is 2.14. The molecule has 0 bridgehead atoms. The number of unbranched alkanes of at least 4 members (excludes halogenated alkanes) is 30. The monoisotopic (exact) mass is 673 g/mol. The molecule has 0 spiro atoms. The van der Waals surface area contributed by atoms with E-state index in [9.17, 15) is 0 Å². The van der Waals surface area contributed by atoms with Gasteiger partial charge in [0.1, 0.15) is 11.2 Å². The lowest BCUT2D eigenvalue weighted by Crippen LogP contribution is -1.97. The molecule has 0 aliphatic carbocycles. The summed E-state index contributed by atoms with van der Waals surface area (Å²) in [5, 5.41) is 2.59. The molecule has 0 saturated heterocycles. The van der Waals surface area contributed by atoms with Crippen molar-refractivity contribution in [2.75, 3.05) is 0 Å². The van der Waals surface area contributed by atoms with Gasteiger partial charge in [0.15, 0.2) is 0 Å². The predicted octanol–water partition coefficient (Wildman–Crippen LogP) is 17.2. The van der Waals surface area contributed by atoms with Gasteiger partial charge in [0.25, 0.3) is 0 Å². The molecule has 1 heteroatoms. The van der Waals surface area contributed by atoms with Gasteiger partial charge in [0, 0.05) is 10.8 Å². The molecule has 0 aliphatic rings. The minimum absolute atomic E-state index is 1.05. The standard InChI is InChI=1S/C48H80O/c1-3-5-7-9-11-13-15-17-19-21-23-25-27-29-31-33-37-43-41-42-46-45-39-35-36-40-47(45)49-48(46)44(43)38-34-32-30-28-26-24-22-20-18-16-14-12-10-8-6-4-2/h35-36,39-42H,3-34,37-38H2,1-2H3. The SMILES string of the molecule is CCCCCCCCCCCCCCCCCCc1ccc2c(oc3ccccc32)c1CCCCCCCCCCCCCCCCCC. The summed E-state index contributed by atoms with van der Waals surface area (Å²) in [5.74, 6) is 0. The number of para-hydroxylation sites is 1. The van der Waals surface area contributed by atoms with Crippen LogP contribution in [0.25, 0.3) is 21.9 Å². The fourth-order valence-corrected chi connectivity index (χ4v) is 8.11. The van der Waals surface area contributed by atoms with E-state index in [2.05, 4.69) is 50.2 Å². The molecule has 0 radical (unpaired) electrons. The van der Waals surface area contributed by atoms with Crippen LogP contribution in [0, 0.1) is 0 Å². The van der Waals surface area contributed by atoms with E-state index in [0.29, 0.717) is 0 Å². The summed E-state index contributed by atoms with van der Waals surface area (Å²) < 4.78 is 6.54. The molecule has 2 aromatic carbocycles. The minimum atomic E-state index is 1.05. The lowest BCUT2D eigenvalue weighted by atomic mass is 9.94. The van der Waals surface area contributed by atoms with E-state index >= 15 is 0 Å². The van der Waals surface area contributed by atoms with Gasteiger partial charge in [0.2, 0.25) is 0 Å². The summed E-state index contributed by atoms with van der Waals surface area (Å²) in [6.07, 6.45) is 48.0. The molecular weight excluding hydrogens is 593 g/mol. The Morgan fingerprint density at radius 3 is 1.14 bits per heavy atom. The Balaban J connectivity index is 1.27. The quantitative estimate of drug-likeness (QED) is 0.0576. The van der Waals surface area contributed by atoms with Crippen molar-refractivity contribution >= 4 is 21.9 Å². The van der Waals surface area contributed by atoms with Gasteiger partial charge in [-0.05, 0) is 42.9 Å². The number of hydrogen-bond donors (Lipinski definition) is 0. The Morgan fingerprint density at radius 2 is 0.714 bits per heavy atom. The predicted molar refractivity (Wildman–Crippen MR) is 220 cm³/mol. The van der Waals surface area contributed by atoms with Crippen molar-refractivity contribution in [1.82, 2.24) is 0 Å². The summed E-state index contributed by atoms with van der Waals surface area (Å²) >= 11 is 0. The molecule has 278 valence electrons. The molecule has 1 aromatic heterocycles. The van der Waals surface area contributed by atoms with Crippen LogP contribution in [-0.4, -0.2) is 0 Å². The van der Waals surface area contributed by atoms with Crippen molar-refractivity contribution in [1.29, 1.82) is 0 Å². The molecule has 0 aliphatic heterocycles. The third kappa shape index (κ3) is 18.3. The van der Waals surface area contributed by atoms with Gasteiger partial charge in [-0.3, -0.25) is 0 Å². The van der Waals surface area contributed by atoms with Crippen molar-refractivity contribution in [3.05, 3.63) is 47.5 Å². The van der Waals surface area contributed by atoms with Gasteiger partial charge in [-0.25, -0.2) is 0 Å². The third-order valence-electron chi connectivity index (χ3n) is 11.3. The van der Waals surface area contributed by atoms with Crippen LogP contribution in [0.5, 0.6) is 0 Å². The van der Waals surface area contributed by atoms with Gasteiger partial charge in [-0.15, -0.1) is 0 Å². The fourth-order valence-electron chi connectivity index (χ4n) is 8.11. The molecule has 49 heavy (non-hydrogen) atoms. The molecule has 0 unspecified atom stereocenters. The highest BCUT2D eigenvalue weighted by Crippen LogP contribution is 2.34. The Morgan fingerprint density at radius 1 is 0.347 bits per heavy atom. The van der Waals surface area contributed by atoms with Crippen molar-refractivity contribution in [2.45, 2.75) is 232 Å². The summed E-state index contributed by atoms with van der Waals surface area (Å²) in [6, 6.07) is 13.4. The first-order valence-corrected chi connectivity index (χ1v) is 22.3. The number of aryl methyl sites for hydroxylation is 2. The Labute approximate surface area is 305 Å². The van der Waals surface area contributed by atoms with E-state index in [1.54, 1.807) is 5.56 Å². The third-order valence-corrected chi connectivity index (χ3v) is 11.3. The zero-order chi connectivity index (χ0) is 34.5. The minimum Gasteiger partial charge on any atom is -0.456 e. The first-order chi connectivity index (χ1) is 24.3. The second-order valence-electron chi connectivity index (χ2n) is 15.8. The highest BCUT2D eigenvalue weighted by molar-refractivity contribution is 6.06. The van der Waals surface area contributed by atoms with Crippen LogP contribution in [0.15, 0.2) is 40.8 Å². The van der Waals surface area contributed by atoms with Crippen molar-refractivity contribution in [2.24, 2.45) is 0 Å². The number of hydrogen-bond acceptors (Lipinski definition) is 1. The molecule has 3 aromatic rings. The maximum absolute atomic E-state index is 6.54. The van der Waals surface area contributed by atoms with Crippen LogP contribution < -0.4 is 0 Å². The summed E-state index contributed by atoms with van der Waals surface area (Å²) in [7, 11) is 0. The Kier molecular flexibility index (Phi) is 24.6. The van der Waals surface area contributed by atoms with Crippen LogP contribution in [0.4, 0.5) is 0 Å². The highest BCUT2D eigenvalue weighted by atomic mass is 16.3. The van der Waals surface area contributed by atoms with Crippen LogP contribution in [0.1, 0.15) is 230 Å². The second-order valence-corrected chi connectivity index (χ2v) is 15.8. The average Bonchev–Trinajstić information content (AvgIpc) is 3.50. The molecule has 3 rings (SSSR count). The lowest BCUT2D eigenvalue weighted by Gasteiger charge is -2.11. The largest absolute Gasteiger partial charge is 0.456 e. The van der Waals surface area contributed by atoms with Crippen LogP contribution >= 0.6 is 0 Å². The van der Waals surface area contributed by atoms with E-state index in [-0.39, 0.29) is 0 Å². The second kappa shape index (κ2) is 28.9. The summed E-state index contributed by atoms with van der Waals surface area (Å²) in [5.41, 5.74) is 5.29. The maximum Gasteiger partial charge on any atom is 0.138 e. The zero-order valence-electron chi connectivity index (χ0n) is 32.9. The van der Waals surface area contributed by atoms with E-state index in [1.165, 1.54) is 240 Å². The first kappa shape index (κ1) is 41.7. The van der Waals surface area contributed by atoms with Crippen LogP contribution in [0.3, 0.4) is 0 Å². The molecular formula is C48H80O.